The Morgan fingerprint density at radius 3 is 2.74 bits per heavy atom. The summed E-state index contributed by atoms with van der Waals surface area (Å²) in [5.41, 5.74) is 3.26. The lowest BCUT2D eigenvalue weighted by Gasteiger charge is -2.19. The number of esters is 1. The van der Waals surface area contributed by atoms with E-state index in [1.165, 1.54) is 7.11 Å². The number of rotatable bonds is 10. The van der Waals surface area contributed by atoms with E-state index in [4.69, 9.17) is 4.74 Å². The first kappa shape index (κ1) is 23.5. The number of carbonyl (C=O) groups is 2. The van der Waals surface area contributed by atoms with Crippen molar-refractivity contribution in [2.45, 2.75) is 18.5 Å². The first-order valence-corrected chi connectivity index (χ1v) is 12.8. The van der Waals surface area contributed by atoms with Crippen LogP contribution < -0.4 is 16.0 Å². The second-order valence-corrected chi connectivity index (χ2v) is 9.27. The Morgan fingerprint density at radius 2 is 2.06 bits per heavy atom. The van der Waals surface area contributed by atoms with Crippen molar-refractivity contribution in [3.05, 3.63) is 54.1 Å². The second kappa shape index (κ2) is 12.0. The van der Waals surface area contributed by atoms with E-state index in [0.717, 1.165) is 40.7 Å². The molecule has 8 heteroatoms. The second-order valence-electron chi connectivity index (χ2n) is 7.25. The zero-order valence-corrected chi connectivity index (χ0v) is 19.5. The number of amides is 1. The van der Waals surface area contributed by atoms with Gasteiger partial charge in [-0.2, -0.15) is 11.8 Å². The van der Waals surface area contributed by atoms with Crippen LogP contribution in [-0.2, 0) is 9.53 Å². The van der Waals surface area contributed by atoms with Gasteiger partial charge in [-0.25, -0.2) is 4.79 Å². The number of carbonyl (C=O) groups excluding carboxylic acids is 2. The fraction of sp³-hybridized carbons (Fsp3) is 0.391. The molecule has 0 spiro atoms. The van der Waals surface area contributed by atoms with Crippen molar-refractivity contribution in [3.8, 4) is 11.1 Å². The molecule has 166 valence electrons. The monoisotopic (exact) mass is 459 g/mol. The third-order valence-electron chi connectivity index (χ3n) is 5.10. The number of ether oxygens (including phenoxy) is 1. The van der Waals surface area contributed by atoms with Crippen LogP contribution in [0.1, 0.15) is 16.8 Å². The zero-order valence-electron chi connectivity index (χ0n) is 17.9. The molecule has 31 heavy (non-hydrogen) atoms. The Kier molecular flexibility index (Phi) is 9.12. The van der Waals surface area contributed by atoms with Gasteiger partial charge in [-0.1, -0.05) is 30.3 Å². The van der Waals surface area contributed by atoms with E-state index < -0.39 is 12.0 Å². The van der Waals surface area contributed by atoms with Crippen LogP contribution >= 0.6 is 23.5 Å². The first-order chi connectivity index (χ1) is 15.1. The maximum absolute atomic E-state index is 13.2. The van der Waals surface area contributed by atoms with Crippen LogP contribution in [0.4, 0.5) is 5.69 Å². The van der Waals surface area contributed by atoms with Gasteiger partial charge in [0, 0.05) is 35.5 Å². The number of hydrogen-bond acceptors (Lipinski definition) is 7. The van der Waals surface area contributed by atoms with E-state index in [1.54, 1.807) is 11.8 Å². The van der Waals surface area contributed by atoms with Gasteiger partial charge < -0.3 is 20.7 Å². The molecule has 1 aliphatic heterocycles. The Balaban J connectivity index is 1.83. The molecule has 1 saturated heterocycles. The predicted molar refractivity (Wildman–Crippen MR) is 131 cm³/mol. The molecule has 0 bridgehead atoms. The molecule has 0 radical (unpaired) electrons. The highest BCUT2D eigenvalue weighted by molar-refractivity contribution is 7.99. The van der Waals surface area contributed by atoms with Gasteiger partial charge in [-0.05, 0) is 47.8 Å². The molecule has 2 aromatic carbocycles. The molecule has 6 nitrogen and oxygen atoms in total. The van der Waals surface area contributed by atoms with Gasteiger partial charge in [0.25, 0.3) is 5.91 Å². The SMILES string of the molecule is COC(=O)C(CCSC)NC(=O)c1ccc(NC[C@@H]2CSCN2)cc1-c1ccccc1. The maximum Gasteiger partial charge on any atom is 0.328 e. The van der Waals surface area contributed by atoms with Crippen LogP contribution in [0.15, 0.2) is 48.5 Å². The van der Waals surface area contributed by atoms with Crippen LogP contribution in [0.5, 0.6) is 0 Å². The van der Waals surface area contributed by atoms with E-state index >= 15 is 0 Å². The van der Waals surface area contributed by atoms with Gasteiger partial charge in [0.1, 0.15) is 6.04 Å². The Hall–Kier alpha value is -2.16. The average molecular weight is 460 g/mol. The zero-order chi connectivity index (χ0) is 22.1. The highest BCUT2D eigenvalue weighted by Crippen LogP contribution is 2.27. The summed E-state index contributed by atoms with van der Waals surface area (Å²) in [5.74, 6) is 2.12. The maximum atomic E-state index is 13.2. The standard InChI is InChI=1S/C23H29N3O3S2/c1-29-23(28)21(10-11-30-2)26-22(27)19-9-8-17(24-13-18-14-31-15-25-18)12-20(19)16-6-4-3-5-7-16/h3-9,12,18,21,24-25H,10-11,13-15H2,1-2H3,(H,26,27)/t18-,21?/m1/s1. The minimum Gasteiger partial charge on any atom is -0.467 e. The lowest BCUT2D eigenvalue weighted by molar-refractivity contribution is -0.142. The fourth-order valence-electron chi connectivity index (χ4n) is 3.38. The van der Waals surface area contributed by atoms with Gasteiger partial charge in [0.2, 0.25) is 0 Å². The van der Waals surface area contributed by atoms with Crippen LogP contribution in [0.3, 0.4) is 0 Å². The average Bonchev–Trinajstić information content (AvgIpc) is 3.34. The van der Waals surface area contributed by atoms with Crippen molar-refractivity contribution >= 4 is 41.1 Å². The van der Waals surface area contributed by atoms with Crippen LogP contribution in [-0.4, -0.2) is 61.3 Å². The minimum atomic E-state index is -0.669. The Bertz CT molecular complexity index is 874. The topological polar surface area (TPSA) is 79.5 Å². The number of thioether (sulfide) groups is 2. The third-order valence-corrected chi connectivity index (χ3v) is 6.75. The number of hydrogen-bond donors (Lipinski definition) is 3. The fourth-order valence-corrected chi connectivity index (χ4v) is 4.84. The van der Waals surface area contributed by atoms with Gasteiger partial charge in [-0.15, -0.1) is 11.8 Å². The summed E-state index contributed by atoms with van der Waals surface area (Å²) in [6, 6.07) is 15.3. The summed E-state index contributed by atoms with van der Waals surface area (Å²) in [4.78, 5) is 25.3. The van der Waals surface area contributed by atoms with E-state index in [2.05, 4.69) is 16.0 Å². The highest BCUT2D eigenvalue weighted by Gasteiger charge is 2.23. The molecular weight excluding hydrogens is 430 g/mol. The molecule has 1 unspecified atom stereocenters. The molecule has 1 amide bonds. The number of methoxy groups -OCH3 is 1. The normalized spacial score (nSPS) is 16.5. The van der Waals surface area contributed by atoms with Crippen molar-refractivity contribution < 1.29 is 14.3 Å². The quantitative estimate of drug-likeness (QED) is 0.470. The van der Waals surface area contributed by atoms with Crippen molar-refractivity contribution in [1.29, 1.82) is 0 Å². The third kappa shape index (κ3) is 6.66. The molecule has 3 N–H and O–H groups in total. The number of nitrogens with one attached hydrogen (secondary N) is 3. The Morgan fingerprint density at radius 1 is 1.26 bits per heavy atom. The van der Waals surface area contributed by atoms with Gasteiger partial charge in [0.15, 0.2) is 0 Å². The molecule has 2 aromatic rings. The van der Waals surface area contributed by atoms with Gasteiger partial charge in [0.05, 0.1) is 7.11 Å². The van der Waals surface area contributed by atoms with E-state index in [9.17, 15) is 9.59 Å². The summed E-state index contributed by atoms with van der Waals surface area (Å²) >= 11 is 3.52. The minimum absolute atomic E-state index is 0.282. The summed E-state index contributed by atoms with van der Waals surface area (Å²) < 4.78 is 4.88. The van der Waals surface area contributed by atoms with Crippen LogP contribution in [0, 0.1) is 0 Å². The number of benzene rings is 2. The van der Waals surface area contributed by atoms with Crippen molar-refractivity contribution in [2.24, 2.45) is 0 Å². The molecule has 0 aromatic heterocycles. The largest absolute Gasteiger partial charge is 0.467 e. The summed E-state index contributed by atoms with van der Waals surface area (Å²) in [6.07, 6.45) is 2.49. The molecular formula is C23H29N3O3S2. The highest BCUT2D eigenvalue weighted by atomic mass is 32.2. The first-order valence-electron chi connectivity index (χ1n) is 10.2. The summed E-state index contributed by atoms with van der Waals surface area (Å²) in [6.45, 7) is 0.825. The van der Waals surface area contributed by atoms with Crippen LogP contribution in [0.25, 0.3) is 11.1 Å². The van der Waals surface area contributed by atoms with Gasteiger partial charge >= 0.3 is 5.97 Å². The lowest BCUT2D eigenvalue weighted by atomic mass is 9.98. The number of anilines is 1. The van der Waals surface area contributed by atoms with E-state index in [1.807, 2.05) is 66.5 Å². The Labute approximate surface area is 192 Å². The molecule has 1 heterocycles. The summed E-state index contributed by atoms with van der Waals surface area (Å²) in [5, 5.41) is 9.79. The van der Waals surface area contributed by atoms with E-state index in [-0.39, 0.29) is 5.91 Å². The van der Waals surface area contributed by atoms with Crippen molar-refractivity contribution in [2.75, 3.05) is 42.6 Å². The van der Waals surface area contributed by atoms with Gasteiger partial charge in [-0.3, -0.25) is 4.79 Å². The molecule has 1 aliphatic rings. The molecule has 1 fully saturated rings. The van der Waals surface area contributed by atoms with E-state index in [0.29, 0.717) is 18.0 Å². The predicted octanol–water partition coefficient (Wildman–Crippen LogP) is 3.45. The van der Waals surface area contributed by atoms with Crippen molar-refractivity contribution in [3.63, 3.8) is 0 Å². The molecule has 0 aliphatic carbocycles. The smallest absolute Gasteiger partial charge is 0.328 e. The van der Waals surface area contributed by atoms with Crippen LogP contribution in [0.2, 0.25) is 0 Å². The molecule has 2 atom stereocenters. The van der Waals surface area contributed by atoms with Crippen molar-refractivity contribution in [1.82, 2.24) is 10.6 Å². The lowest BCUT2D eigenvalue weighted by Crippen LogP contribution is -2.42. The summed E-state index contributed by atoms with van der Waals surface area (Å²) in [7, 11) is 1.34. The molecule has 0 saturated carbocycles. The molecule has 3 rings (SSSR count).